The zero-order valence-corrected chi connectivity index (χ0v) is 15.7. The van der Waals surface area contributed by atoms with Crippen LogP contribution in [0.4, 0.5) is 0 Å². The lowest BCUT2D eigenvalue weighted by atomic mass is 9.82. The molecule has 0 aliphatic carbocycles. The van der Waals surface area contributed by atoms with Gasteiger partial charge in [0.2, 0.25) is 11.8 Å². The van der Waals surface area contributed by atoms with Crippen molar-refractivity contribution in [2.24, 2.45) is 0 Å². The van der Waals surface area contributed by atoms with E-state index in [-0.39, 0.29) is 5.41 Å². The third-order valence-corrected chi connectivity index (χ3v) is 5.05. The molecule has 0 unspecified atom stereocenters. The van der Waals surface area contributed by atoms with E-state index < -0.39 is 0 Å². The Balaban J connectivity index is 1.84. The quantitative estimate of drug-likeness (QED) is 0.556. The average Bonchev–Trinajstić information content (AvgIpc) is 3.12. The molecule has 130 valence electrons. The van der Waals surface area contributed by atoms with Crippen molar-refractivity contribution in [2.45, 2.75) is 52.4 Å². The summed E-state index contributed by atoms with van der Waals surface area (Å²) in [7, 11) is 0. The van der Waals surface area contributed by atoms with E-state index in [0.717, 1.165) is 17.5 Å². The summed E-state index contributed by atoms with van der Waals surface area (Å²) in [4.78, 5) is 0. The van der Waals surface area contributed by atoms with E-state index in [4.69, 9.17) is 4.42 Å². The van der Waals surface area contributed by atoms with Gasteiger partial charge in [-0.25, -0.2) is 0 Å². The molecule has 0 saturated carbocycles. The first-order valence-electron chi connectivity index (χ1n) is 8.95. The smallest absolute Gasteiger partial charge is 0.248 e. The summed E-state index contributed by atoms with van der Waals surface area (Å²) >= 11 is 0. The molecule has 25 heavy (non-hydrogen) atoms. The number of hydrogen-bond acceptors (Lipinski definition) is 3. The zero-order chi connectivity index (χ0) is 18.0. The molecule has 0 aliphatic rings. The molecule has 0 amide bonds. The van der Waals surface area contributed by atoms with Crippen molar-refractivity contribution >= 4 is 0 Å². The summed E-state index contributed by atoms with van der Waals surface area (Å²) in [5, 5.41) is 8.42. The SMILES string of the molecule is CCC(C)(C)c1ccc(-c2nnc(-c3ccc(C(C)C)cc3)o2)cc1. The van der Waals surface area contributed by atoms with Crippen LogP contribution in [-0.4, -0.2) is 10.2 Å². The minimum atomic E-state index is 0.177. The number of hydrogen-bond donors (Lipinski definition) is 0. The van der Waals surface area contributed by atoms with Crippen LogP contribution in [-0.2, 0) is 5.41 Å². The summed E-state index contributed by atoms with van der Waals surface area (Å²) in [6.45, 7) is 11.1. The van der Waals surface area contributed by atoms with E-state index in [1.54, 1.807) is 0 Å². The molecule has 0 saturated heterocycles. The number of benzene rings is 2. The highest BCUT2D eigenvalue weighted by Gasteiger charge is 2.18. The molecule has 1 heterocycles. The fourth-order valence-corrected chi connectivity index (χ4v) is 2.74. The fourth-order valence-electron chi connectivity index (χ4n) is 2.74. The summed E-state index contributed by atoms with van der Waals surface area (Å²) in [5.41, 5.74) is 4.71. The normalized spacial score (nSPS) is 11.9. The van der Waals surface area contributed by atoms with Gasteiger partial charge in [-0.3, -0.25) is 0 Å². The van der Waals surface area contributed by atoms with E-state index in [1.165, 1.54) is 11.1 Å². The largest absolute Gasteiger partial charge is 0.416 e. The second kappa shape index (κ2) is 6.83. The van der Waals surface area contributed by atoms with Gasteiger partial charge in [-0.15, -0.1) is 10.2 Å². The average molecular weight is 334 g/mol. The Hall–Kier alpha value is -2.42. The van der Waals surface area contributed by atoms with Crippen molar-refractivity contribution in [3.8, 4) is 22.9 Å². The maximum Gasteiger partial charge on any atom is 0.248 e. The van der Waals surface area contributed by atoms with Crippen LogP contribution in [0.25, 0.3) is 22.9 Å². The number of rotatable bonds is 5. The number of aromatic nitrogens is 2. The predicted molar refractivity (Wildman–Crippen MR) is 103 cm³/mol. The van der Waals surface area contributed by atoms with Crippen molar-refractivity contribution in [2.75, 3.05) is 0 Å². The van der Waals surface area contributed by atoms with Crippen LogP contribution in [0, 0.1) is 0 Å². The van der Waals surface area contributed by atoms with Crippen LogP contribution in [0.3, 0.4) is 0 Å². The van der Waals surface area contributed by atoms with Crippen LogP contribution in [0.15, 0.2) is 52.9 Å². The van der Waals surface area contributed by atoms with Gasteiger partial charge in [-0.1, -0.05) is 58.9 Å². The molecule has 2 aromatic carbocycles. The Morgan fingerprint density at radius 1 is 0.840 bits per heavy atom. The van der Waals surface area contributed by atoms with Gasteiger partial charge >= 0.3 is 0 Å². The minimum Gasteiger partial charge on any atom is -0.416 e. The van der Waals surface area contributed by atoms with Crippen LogP contribution < -0.4 is 0 Å². The van der Waals surface area contributed by atoms with Gasteiger partial charge in [0.15, 0.2) is 0 Å². The molecule has 0 fully saturated rings. The number of nitrogens with zero attached hydrogens (tertiary/aromatic N) is 2. The molecule has 1 aromatic heterocycles. The first-order chi connectivity index (χ1) is 11.9. The highest BCUT2D eigenvalue weighted by molar-refractivity contribution is 5.58. The first kappa shape index (κ1) is 17.4. The van der Waals surface area contributed by atoms with E-state index in [1.807, 2.05) is 12.1 Å². The second-order valence-corrected chi connectivity index (χ2v) is 7.50. The standard InChI is InChI=1S/C22H26N2O/c1-6-22(4,5)19-13-11-18(12-14-19)21-24-23-20(25-21)17-9-7-16(8-10-17)15(2)3/h7-15H,6H2,1-5H3. The van der Waals surface area contributed by atoms with Gasteiger partial charge in [-0.05, 0) is 53.1 Å². The van der Waals surface area contributed by atoms with Gasteiger partial charge in [0.05, 0.1) is 0 Å². The molecule has 0 aliphatic heterocycles. The van der Waals surface area contributed by atoms with E-state index in [2.05, 4.69) is 81.2 Å². The van der Waals surface area contributed by atoms with Crippen molar-refractivity contribution in [3.63, 3.8) is 0 Å². The zero-order valence-electron chi connectivity index (χ0n) is 15.7. The first-order valence-corrected chi connectivity index (χ1v) is 8.95. The predicted octanol–water partition coefficient (Wildman–Crippen LogP) is 6.21. The van der Waals surface area contributed by atoms with Gasteiger partial charge in [-0.2, -0.15) is 0 Å². The van der Waals surface area contributed by atoms with Gasteiger partial charge in [0, 0.05) is 11.1 Å². The summed E-state index contributed by atoms with van der Waals surface area (Å²) in [6, 6.07) is 16.7. The molecule has 0 spiro atoms. The molecule has 0 radical (unpaired) electrons. The lowest BCUT2D eigenvalue weighted by molar-refractivity contribution is 0.506. The Morgan fingerprint density at radius 2 is 1.32 bits per heavy atom. The Kier molecular flexibility index (Phi) is 4.76. The molecular formula is C22H26N2O. The molecule has 0 atom stereocenters. The summed E-state index contributed by atoms with van der Waals surface area (Å²) < 4.78 is 5.89. The van der Waals surface area contributed by atoms with Crippen LogP contribution in [0.1, 0.15) is 58.1 Å². The van der Waals surface area contributed by atoms with E-state index in [0.29, 0.717) is 17.7 Å². The molecule has 3 rings (SSSR count). The third kappa shape index (κ3) is 3.65. The molecule has 0 bridgehead atoms. The molecule has 3 aromatic rings. The molecule has 0 N–H and O–H groups in total. The Bertz CT molecular complexity index is 827. The molecule has 3 heteroatoms. The molecular weight excluding hydrogens is 308 g/mol. The van der Waals surface area contributed by atoms with E-state index >= 15 is 0 Å². The highest BCUT2D eigenvalue weighted by atomic mass is 16.4. The van der Waals surface area contributed by atoms with Crippen molar-refractivity contribution in [3.05, 3.63) is 59.7 Å². The second-order valence-electron chi connectivity index (χ2n) is 7.50. The van der Waals surface area contributed by atoms with Gasteiger partial charge in [0.1, 0.15) is 0 Å². The Labute approximate surface area is 150 Å². The molecule has 3 nitrogen and oxygen atoms in total. The van der Waals surface area contributed by atoms with Crippen LogP contribution in [0.2, 0.25) is 0 Å². The maximum absolute atomic E-state index is 5.89. The Morgan fingerprint density at radius 3 is 1.76 bits per heavy atom. The third-order valence-electron chi connectivity index (χ3n) is 5.05. The van der Waals surface area contributed by atoms with Crippen molar-refractivity contribution in [1.29, 1.82) is 0 Å². The monoisotopic (exact) mass is 334 g/mol. The lowest BCUT2D eigenvalue weighted by Gasteiger charge is -2.23. The van der Waals surface area contributed by atoms with Gasteiger partial charge < -0.3 is 4.42 Å². The van der Waals surface area contributed by atoms with Gasteiger partial charge in [0.25, 0.3) is 0 Å². The van der Waals surface area contributed by atoms with Crippen LogP contribution >= 0.6 is 0 Å². The van der Waals surface area contributed by atoms with Crippen molar-refractivity contribution < 1.29 is 4.42 Å². The minimum absolute atomic E-state index is 0.177. The lowest BCUT2D eigenvalue weighted by Crippen LogP contribution is -2.14. The maximum atomic E-state index is 5.89. The summed E-state index contributed by atoms with van der Waals surface area (Å²) in [5.74, 6) is 1.63. The highest BCUT2D eigenvalue weighted by Crippen LogP contribution is 2.30. The topological polar surface area (TPSA) is 38.9 Å². The van der Waals surface area contributed by atoms with Crippen LogP contribution in [0.5, 0.6) is 0 Å². The fraction of sp³-hybridized carbons (Fsp3) is 0.364. The van der Waals surface area contributed by atoms with Crippen molar-refractivity contribution in [1.82, 2.24) is 10.2 Å². The van der Waals surface area contributed by atoms with E-state index in [9.17, 15) is 0 Å². The summed E-state index contributed by atoms with van der Waals surface area (Å²) in [6.07, 6.45) is 1.10.